The van der Waals surface area contributed by atoms with Crippen molar-refractivity contribution in [1.82, 2.24) is 39.8 Å². The molecule has 0 bridgehead atoms. The van der Waals surface area contributed by atoms with E-state index in [1.54, 1.807) is 7.05 Å². The van der Waals surface area contributed by atoms with Crippen LogP contribution < -0.4 is 16.8 Å². The Kier molecular flexibility index (Phi) is 8.01. The summed E-state index contributed by atoms with van der Waals surface area (Å²) in [5.74, 6) is -1.97. The van der Waals surface area contributed by atoms with Gasteiger partial charge in [0, 0.05) is 30.1 Å². The predicted molar refractivity (Wildman–Crippen MR) is 130 cm³/mol. The number of tetrazole rings is 1. The number of fused-ring (bicyclic) bond motifs is 1. The zero-order valence-corrected chi connectivity index (χ0v) is 21.2. The summed E-state index contributed by atoms with van der Waals surface area (Å²) in [7, 11) is 1.67. The number of nitrogen functional groups attached to an aromatic ring is 1. The van der Waals surface area contributed by atoms with Crippen LogP contribution in [-0.4, -0.2) is 99.1 Å². The molecule has 2 amide bonds. The SMILES string of the molecule is Cn1nnnc1SCC1=C(C(=O)O)N2C(=O)C(NC(=O)C(=NOCCCN)c3nsc(N)n3)[C@H]2SC1. The minimum atomic E-state index is -1.23. The molecule has 1 fully saturated rings. The lowest BCUT2D eigenvalue weighted by Gasteiger charge is -2.49. The van der Waals surface area contributed by atoms with Crippen LogP contribution in [0.4, 0.5) is 5.13 Å². The Morgan fingerprint density at radius 2 is 2.22 bits per heavy atom. The molecule has 36 heavy (non-hydrogen) atoms. The standard InChI is InChI=1S/C17H21N11O5S3/c1-27-17(22-25-26-27)35-6-7-5-34-14-9(13(30)28(14)10(7)15(31)32)20-12(29)8(23-33-4-2-3-18)11-21-16(19)36-24-11/h9,14H,2-6,18H2,1H3,(H,20,29)(H,31,32)(H2,19,21,24)/t9?,14-/m1/s1. The molecule has 192 valence electrons. The first-order valence-corrected chi connectivity index (χ1v) is 13.2. The lowest BCUT2D eigenvalue weighted by atomic mass is 10.0. The summed E-state index contributed by atoms with van der Waals surface area (Å²) in [6, 6.07) is -0.973. The largest absolute Gasteiger partial charge is 0.477 e. The molecular weight excluding hydrogens is 534 g/mol. The number of nitrogens with zero attached hydrogens (tertiary/aromatic N) is 8. The Morgan fingerprint density at radius 1 is 1.42 bits per heavy atom. The number of oxime groups is 1. The molecule has 4 rings (SSSR count). The van der Waals surface area contributed by atoms with Crippen molar-refractivity contribution >= 4 is 63.7 Å². The van der Waals surface area contributed by atoms with Crippen molar-refractivity contribution in [1.29, 1.82) is 0 Å². The van der Waals surface area contributed by atoms with Gasteiger partial charge in [-0.1, -0.05) is 16.9 Å². The van der Waals surface area contributed by atoms with Crippen molar-refractivity contribution in [3.05, 3.63) is 17.1 Å². The Bertz CT molecular complexity index is 1230. The minimum Gasteiger partial charge on any atom is -0.477 e. The molecule has 0 spiro atoms. The first kappa shape index (κ1) is 25.8. The molecule has 0 aliphatic carbocycles. The molecule has 4 heterocycles. The zero-order chi connectivity index (χ0) is 25.8. The summed E-state index contributed by atoms with van der Waals surface area (Å²) in [4.78, 5) is 48.3. The molecule has 2 aliphatic rings. The predicted octanol–water partition coefficient (Wildman–Crippen LogP) is -1.76. The molecule has 0 radical (unpaired) electrons. The van der Waals surface area contributed by atoms with Crippen LogP contribution in [0.2, 0.25) is 0 Å². The summed E-state index contributed by atoms with van der Waals surface area (Å²) < 4.78 is 5.45. The zero-order valence-electron chi connectivity index (χ0n) is 18.7. The highest BCUT2D eigenvalue weighted by molar-refractivity contribution is 8.01. The third-order valence-electron chi connectivity index (χ3n) is 4.96. The van der Waals surface area contributed by atoms with E-state index in [-0.39, 0.29) is 34.7 Å². The Labute approximate surface area is 216 Å². The number of hydrogen-bond acceptors (Lipinski definition) is 15. The summed E-state index contributed by atoms with van der Waals surface area (Å²) in [5, 5.41) is 27.4. The number of amides is 2. The fourth-order valence-corrected chi connectivity index (χ4v) is 6.04. The van der Waals surface area contributed by atoms with Crippen LogP contribution in [0.3, 0.4) is 0 Å². The van der Waals surface area contributed by atoms with Gasteiger partial charge in [-0.05, 0) is 29.0 Å². The molecule has 19 heteroatoms. The smallest absolute Gasteiger partial charge is 0.352 e. The molecule has 2 aromatic heterocycles. The number of carboxylic acids is 1. The van der Waals surface area contributed by atoms with Gasteiger partial charge in [-0.2, -0.15) is 9.36 Å². The monoisotopic (exact) mass is 555 g/mol. The van der Waals surface area contributed by atoms with E-state index in [4.69, 9.17) is 16.3 Å². The van der Waals surface area contributed by atoms with Crippen molar-refractivity contribution in [2.24, 2.45) is 17.9 Å². The van der Waals surface area contributed by atoms with Gasteiger partial charge in [0.1, 0.15) is 23.7 Å². The average molecular weight is 556 g/mol. The van der Waals surface area contributed by atoms with Crippen molar-refractivity contribution in [2.75, 3.05) is 30.4 Å². The number of hydrogen-bond donors (Lipinski definition) is 4. The average Bonchev–Trinajstić information content (AvgIpc) is 3.47. The number of aromatic nitrogens is 6. The number of nitrogens with one attached hydrogen (secondary N) is 1. The summed E-state index contributed by atoms with van der Waals surface area (Å²) >= 11 is 3.47. The van der Waals surface area contributed by atoms with E-state index in [1.165, 1.54) is 33.1 Å². The molecule has 0 saturated carbocycles. The van der Waals surface area contributed by atoms with Crippen LogP contribution in [0.1, 0.15) is 12.2 Å². The lowest BCUT2D eigenvalue weighted by Crippen LogP contribution is -2.71. The molecule has 2 aliphatic heterocycles. The van der Waals surface area contributed by atoms with Crippen LogP contribution in [-0.2, 0) is 26.3 Å². The number of aliphatic carboxylic acids is 1. The first-order valence-electron chi connectivity index (χ1n) is 10.4. The minimum absolute atomic E-state index is 0.0497. The van der Waals surface area contributed by atoms with E-state index in [9.17, 15) is 19.5 Å². The van der Waals surface area contributed by atoms with E-state index in [0.717, 1.165) is 11.5 Å². The van der Waals surface area contributed by atoms with Crippen molar-refractivity contribution < 1.29 is 24.3 Å². The molecule has 6 N–H and O–H groups in total. The number of nitrogens with two attached hydrogens (primary N) is 2. The van der Waals surface area contributed by atoms with E-state index < -0.39 is 29.2 Å². The second-order valence-electron chi connectivity index (χ2n) is 7.36. The number of anilines is 1. The number of thioether (sulfide) groups is 2. The van der Waals surface area contributed by atoms with Gasteiger partial charge in [-0.25, -0.2) is 9.48 Å². The highest BCUT2D eigenvalue weighted by Crippen LogP contribution is 2.41. The van der Waals surface area contributed by atoms with Crippen LogP contribution >= 0.6 is 35.1 Å². The number of carbonyl (C=O) groups is 3. The summed E-state index contributed by atoms with van der Waals surface area (Å²) in [6.07, 6.45) is 0.512. The number of rotatable bonds is 11. The van der Waals surface area contributed by atoms with Crippen LogP contribution in [0, 0.1) is 0 Å². The van der Waals surface area contributed by atoms with Gasteiger partial charge in [0.15, 0.2) is 5.13 Å². The normalized spacial score (nSPS) is 19.7. The van der Waals surface area contributed by atoms with Crippen molar-refractivity contribution in [3.63, 3.8) is 0 Å². The highest BCUT2D eigenvalue weighted by Gasteiger charge is 2.54. The van der Waals surface area contributed by atoms with Gasteiger partial charge < -0.3 is 26.7 Å². The van der Waals surface area contributed by atoms with Crippen LogP contribution in [0.5, 0.6) is 0 Å². The maximum atomic E-state index is 13.0. The van der Waals surface area contributed by atoms with E-state index in [1.807, 2.05) is 0 Å². The number of carbonyl (C=O) groups excluding carboxylic acids is 2. The lowest BCUT2D eigenvalue weighted by molar-refractivity contribution is -0.150. The molecule has 1 saturated heterocycles. The quantitative estimate of drug-likeness (QED) is 0.0792. The summed E-state index contributed by atoms with van der Waals surface area (Å²) in [5.41, 5.74) is 11.2. The molecule has 2 atom stereocenters. The number of β-lactam (4-membered cyclic amide) rings is 1. The topological polar surface area (TPSA) is 230 Å². The van der Waals surface area contributed by atoms with Gasteiger partial charge in [0.25, 0.3) is 11.8 Å². The molecule has 0 aromatic carbocycles. The van der Waals surface area contributed by atoms with Gasteiger partial charge in [-0.3, -0.25) is 14.5 Å². The Morgan fingerprint density at radius 3 is 2.86 bits per heavy atom. The van der Waals surface area contributed by atoms with Crippen molar-refractivity contribution in [3.8, 4) is 0 Å². The van der Waals surface area contributed by atoms with Gasteiger partial charge in [-0.15, -0.1) is 16.9 Å². The van der Waals surface area contributed by atoms with Crippen LogP contribution in [0.15, 0.2) is 21.6 Å². The number of aryl methyl sites for hydroxylation is 1. The molecule has 1 unspecified atom stereocenters. The fourth-order valence-electron chi connectivity index (χ4n) is 3.27. The molecular formula is C17H21N11O5S3. The molecule has 16 nitrogen and oxygen atoms in total. The first-order chi connectivity index (χ1) is 17.3. The number of carboxylic acid groups (broad SMARTS) is 1. The van der Waals surface area contributed by atoms with E-state index in [0.29, 0.717) is 29.4 Å². The Balaban J connectivity index is 1.48. The van der Waals surface area contributed by atoms with Crippen molar-refractivity contribution in [2.45, 2.75) is 23.0 Å². The van der Waals surface area contributed by atoms with Gasteiger partial charge >= 0.3 is 5.97 Å². The molecule has 2 aromatic rings. The van der Waals surface area contributed by atoms with E-state index >= 15 is 0 Å². The maximum Gasteiger partial charge on any atom is 0.352 e. The fraction of sp³-hybridized carbons (Fsp3) is 0.471. The second kappa shape index (κ2) is 11.2. The summed E-state index contributed by atoms with van der Waals surface area (Å²) in [6.45, 7) is 0.541. The maximum absolute atomic E-state index is 13.0. The van der Waals surface area contributed by atoms with Crippen LogP contribution in [0.25, 0.3) is 0 Å². The third-order valence-corrected chi connectivity index (χ3v) is 7.94. The van der Waals surface area contributed by atoms with Gasteiger partial charge in [0.2, 0.25) is 16.7 Å². The highest BCUT2D eigenvalue weighted by atomic mass is 32.2. The van der Waals surface area contributed by atoms with E-state index in [2.05, 4.69) is 35.4 Å². The third kappa shape index (κ3) is 5.27. The van der Waals surface area contributed by atoms with Gasteiger partial charge in [0.05, 0.1) is 0 Å². The second-order valence-corrected chi connectivity index (χ2v) is 10.2. The Hall–Kier alpha value is -3.29.